The second-order valence-corrected chi connectivity index (χ2v) is 5.98. The lowest BCUT2D eigenvalue weighted by molar-refractivity contribution is 0.102. The SMILES string of the molecule is Cc1cc(C(=O)Nc2nc(C3CCNCC3)nn2C)c(F)cc1F. The smallest absolute Gasteiger partial charge is 0.260 e. The van der Waals surface area contributed by atoms with Gasteiger partial charge in [-0.1, -0.05) is 0 Å². The molecule has 1 fully saturated rings. The lowest BCUT2D eigenvalue weighted by Gasteiger charge is -2.19. The van der Waals surface area contributed by atoms with E-state index >= 15 is 0 Å². The summed E-state index contributed by atoms with van der Waals surface area (Å²) in [7, 11) is 1.67. The van der Waals surface area contributed by atoms with Crippen molar-refractivity contribution in [3.05, 3.63) is 40.7 Å². The Morgan fingerprint density at radius 2 is 2.00 bits per heavy atom. The van der Waals surface area contributed by atoms with E-state index in [2.05, 4.69) is 20.7 Å². The molecule has 0 aliphatic carbocycles. The van der Waals surface area contributed by atoms with Crippen LogP contribution in [-0.2, 0) is 7.05 Å². The first-order valence-electron chi connectivity index (χ1n) is 7.84. The van der Waals surface area contributed by atoms with Gasteiger partial charge in [0.05, 0.1) is 5.56 Å². The van der Waals surface area contributed by atoms with E-state index in [0.29, 0.717) is 11.9 Å². The first kappa shape index (κ1) is 16.5. The molecule has 2 heterocycles. The average molecular weight is 335 g/mol. The highest BCUT2D eigenvalue weighted by atomic mass is 19.1. The summed E-state index contributed by atoms with van der Waals surface area (Å²) >= 11 is 0. The van der Waals surface area contributed by atoms with Gasteiger partial charge in [-0.3, -0.25) is 10.1 Å². The van der Waals surface area contributed by atoms with Gasteiger partial charge in [0.25, 0.3) is 5.91 Å². The molecule has 0 bridgehead atoms. The third-order valence-electron chi connectivity index (χ3n) is 4.20. The van der Waals surface area contributed by atoms with Gasteiger partial charge in [-0.15, -0.1) is 0 Å². The number of carbonyl (C=O) groups excluding carboxylic acids is 1. The second-order valence-electron chi connectivity index (χ2n) is 5.98. The number of aryl methyl sites for hydroxylation is 2. The molecule has 1 aromatic carbocycles. The standard InChI is InChI=1S/C16H19F2N5O/c1-9-7-11(13(18)8-12(9)17)15(24)21-16-20-14(22-23(16)2)10-3-5-19-6-4-10/h7-8,10,19H,3-6H2,1-2H3,(H,20,21,22,24). The molecule has 1 aliphatic rings. The van der Waals surface area contributed by atoms with Crippen LogP contribution in [0.2, 0.25) is 0 Å². The highest BCUT2D eigenvalue weighted by Crippen LogP contribution is 2.23. The van der Waals surface area contributed by atoms with Crippen LogP contribution < -0.4 is 10.6 Å². The van der Waals surface area contributed by atoms with Crippen LogP contribution >= 0.6 is 0 Å². The highest BCUT2D eigenvalue weighted by Gasteiger charge is 2.22. The Kier molecular flexibility index (Phi) is 4.57. The zero-order valence-electron chi connectivity index (χ0n) is 13.6. The summed E-state index contributed by atoms with van der Waals surface area (Å²) < 4.78 is 28.6. The van der Waals surface area contributed by atoms with Crippen LogP contribution in [0.25, 0.3) is 0 Å². The van der Waals surface area contributed by atoms with Crippen molar-refractivity contribution < 1.29 is 13.6 Å². The summed E-state index contributed by atoms with van der Waals surface area (Å²) in [6, 6.07) is 1.89. The lowest BCUT2D eigenvalue weighted by Crippen LogP contribution is -2.27. The molecule has 8 heteroatoms. The molecule has 1 amide bonds. The van der Waals surface area contributed by atoms with Crippen molar-refractivity contribution >= 4 is 11.9 Å². The topological polar surface area (TPSA) is 71.8 Å². The van der Waals surface area contributed by atoms with Crippen LogP contribution in [0.5, 0.6) is 0 Å². The maximum atomic E-state index is 13.8. The Labute approximate surface area is 138 Å². The fourth-order valence-corrected chi connectivity index (χ4v) is 2.77. The quantitative estimate of drug-likeness (QED) is 0.901. The number of piperidine rings is 1. The first-order valence-corrected chi connectivity index (χ1v) is 7.84. The Hall–Kier alpha value is -2.35. The molecule has 0 saturated carbocycles. The number of carbonyl (C=O) groups is 1. The number of nitrogens with one attached hydrogen (secondary N) is 2. The summed E-state index contributed by atoms with van der Waals surface area (Å²) in [5.41, 5.74) is -0.0183. The predicted molar refractivity (Wildman–Crippen MR) is 84.9 cm³/mol. The highest BCUT2D eigenvalue weighted by molar-refractivity contribution is 6.03. The van der Waals surface area contributed by atoms with Crippen molar-refractivity contribution in [3.63, 3.8) is 0 Å². The molecule has 128 valence electrons. The zero-order valence-corrected chi connectivity index (χ0v) is 13.6. The fourth-order valence-electron chi connectivity index (χ4n) is 2.77. The van der Waals surface area contributed by atoms with Gasteiger partial charge < -0.3 is 5.32 Å². The molecule has 0 radical (unpaired) electrons. The van der Waals surface area contributed by atoms with E-state index in [-0.39, 0.29) is 23.0 Å². The van der Waals surface area contributed by atoms with E-state index in [9.17, 15) is 13.6 Å². The number of halogens is 2. The van der Waals surface area contributed by atoms with Gasteiger partial charge in [-0.2, -0.15) is 10.1 Å². The Balaban J connectivity index is 1.79. The Bertz CT molecular complexity index is 768. The van der Waals surface area contributed by atoms with Crippen molar-refractivity contribution in [2.75, 3.05) is 18.4 Å². The molecular weight excluding hydrogens is 316 g/mol. The van der Waals surface area contributed by atoms with Gasteiger partial charge >= 0.3 is 0 Å². The number of anilines is 1. The number of hydrogen-bond donors (Lipinski definition) is 2. The van der Waals surface area contributed by atoms with Crippen LogP contribution in [0.1, 0.15) is 40.5 Å². The zero-order chi connectivity index (χ0) is 17.3. The summed E-state index contributed by atoms with van der Waals surface area (Å²) in [4.78, 5) is 16.6. The van der Waals surface area contributed by atoms with Gasteiger partial charge in [0.15, 0.2) is 5.82 Å². The van der Waals surface area contributed by atoms with E-state index < -0.39 is 17.5 Å². The third kappa shape index (κ3) is 3.28. The number of nitrogens with zero attached hydrogens (tertiary/aromatic N) is 3. The summed E-state index contributed by atoms with van der Waals surface area (Å²) in [5.74, 6) is -1.11. The van der Waals surface area contributed by atoms with Gasteiger partial charge in [0.2, 0.25) is 5.95 Å². The Morgan fingerprint density at radius 1 is 1.29 bits per heavy atom. The normalized spacial score (nSPS) is 15.5. The van der Waals surface area contributed by atoms with E-state index in [1.54, 1.807) is 7.05 Å². The maximum Gasteiger partial charge on any atom is 0.260 e. The molecule has 3 rings (SSSR count). The lowest BCUT2D eigenvalue weighted by atomic mass is 9.98. The van der Waals surface area contributed by atoms with Crippen LogP contribution in [0.15, 0.2) is 12.1 Å². The molecule has 0 unspecified atom stereocenters. The fraction of sp³-hybridized carbons (Fsp3) is 0.438. The number of benzene rings is 1. The molecule has 1 aromatic heterocycles. The molecule has 0 spiro atoms. The number of hydrogen-bond acceptors (Lipinski definition) is 4. The van der Waals surface area contributed by atoms with Crippen LogP contribution in [0.3, 0.4) is 0 Å². The van der Waals surface area contributed by atoms with Crippen LogP contribution in [0, 0.1) is 18.6 Å². The summed E-state index contributed by atoms with van der Waals surface area (Å²) in [6.07, 6.45) is 1.87. The minimum Gasteiger partial charge on any atom is -0.317 e. The molecule has 2 aromatic rings. The van der Waals surface area contributed by atoms with Crippen molar-refractivity contribution in [2.45, 2.75) is 25.7 Å². The van der Waals surface area contributed by atoms with E-state index in [1.807, 2.05) is 0 Å². The molecule has 0 atom stereocenters. The van der Waals surface area contributed by atoms with Gasteiger partial charge in [-0.05, 0) is 44.5 Å². The summed E-state index contributed by atoms with van der Waals surface area (Å²) in [6.45, 7) is 3.29. The Morgan fingerprint density at radius 3 is 2.71 bits per heavy atom. The molecule has 1 aliphatic heterocycles. The van der Waals surface area contributed by atoms with Crippen LogP contribution in [0.4, 0.5) is 14.7 Å². The molecule has 24 heavy (non-hydrogen) atoms. The molecule has 1 saturated heterocycles. The second kappa shape index (κ2) is 6.64. The monoisotopic (exact) mass is 335 g/mol. The number of rotatable bonds is 3. The third-order valence-corrected chi connectivity index (χ3v) is 4.20. The largest absolute Gasteiger partial charge is 0.317 e. The van der Waals surface area contributed by atoms with Gasteiger partial charge in [0, 0.05) is 19.0 Å². The van der Waals surface area contributed by atoms with Crippen molar-refractivity contribution in [3.8, 4) is 0 Å². The predicted octanol–water partition coefficient (Wildman–Crippen LogP) is 2.12. The molecular formula is C16H19F2N5O. The van der Waals surface area contributed by atoms with E-state index in [1.165, 1.54) is 17.7 Å². The van der Waals surface area contributed by atoms with Gasteiger partial charge in [0.1, 0.15) is 11.6 Å². The van der Waals surface area contributed by atoms with Gasteiger partial charge in [-0.25, -0.2) is 13.5 Å². The number of aromatic nitrogens is 3. The molecule has 6 nitrogen and oxygen atoms in total. The molecule has 2 N–H and O–H groups in total. The minimum atomic E-state index is -0.906. The average Bonchev–Trinajstić information content (AvgIpc) is 2.92. The summed E-state index contributed by atoms with van der Waals surface area (Å²) in [5, 5.41) is 10.2. The number of amides is 1. The van der Waals surface area contributed by atoms with E-state index in [0.717, 1.165) is 25.9 Å². The minimum absolute atomic E-state index is 0.204. The van der Waals surface area contributed by atoms with Crippen molar-refractivity contribution in [2.24, 2.45) is 7.05 Å². The van der Waals surface area contributed by atoms with Crippen LogP contribution in [-0.4, -0.2) is 33.8 Å². The van der Waals surface area contributed by atoms with Crippen molar-refractivity contribution in [1.29, 1.82) is 0 Å². The van der Waals surface area contributed by atoms with Crippen molar-refractivity contribution in [1.82, 2.24) is 20.1 Å². The maximum absolute atomic E-state index is 13.8. The first-order chi connectivity index (χ1) is 11.5. The van der Waals surface area contributed by atoms with E-state index in [4.69, 9.17) is 0 Å².